The summed E-state index contributed by atoms with van der Waals surface area (Å²) in [7, 11) is 9.60. The van der Waals surface area contributed by atoms with Gasteiger partial charge in [0.25, 0.3) is 5.56 Å². The molecule has 2 N–H and O–H groups in total. The Balaban J connectivity index is 1.44. The van der Waals surface area contributed by atoms with E-state index in [1.807, 2.05) is 75.7 Å². The van der Waals surface area contributed by atoms with Crippen LogP contribution >= 0.6 is 23.2 Å². The van der Waals surface area contributed by atoms with Crippen LogP contribution in [-0.2, 0) is 13.1 Å². The molecule has 0 aliphatic heterocycles. The fourth-order valence-corrected chi connectivity index (χ4v) is 6.44. The first-order valence-corrected chi connectivity index (χ1v) is 16.8. The summed E-state index contributed by atoms with van der Waals surface area (Å²) in [6.45, 7) is 4.84. The molecule has 11 heteroatoms. The highest BCUT2D eigenvalue weighted by atomic mass is 35.5. The van der Waals surface area contributed by atoms with Gasteiger partial charge in [-0.2, -0.15) is 0 Å². The van der Waals surface area contributed by atoms with Crippen LogP contribution in [0.2, 0.25) is 10.0 Å². The highest BCUT2D eigenvalue weighted by molar-refractivity contribution is 6.39. The zero-order valence-corrected chi connectivity index (χ0v) is 29.7. The topological polar surface area (TPSA) is 87.0 Å². The number of hydrogen-bond donors (Lipinski definition) is 2. The molecule has 5 rings (SSSR count). The quantitative estimate of drug-likeness (QED) is 0.128. The molecule has 0 spiro atoms. The lowest BCUT2D eigenvalue weighted by molar-refractivity contribution is 0.310. The highest BCUT2D eigenvalue weighted by Crippen LogP contribution is 2.42. The van der Waals surface area contributed by atoms with Crippen molar-refractivity contribution in [1.82, 2.24) is 34.8 Å². The van der Waals surface area contributed by atoms with Crippen molar-refractivity contribution in [3.8, 4) is 39.4 Å². The molecule has 48 heavy (non-hydrogen) atoms. The van der Waals surface area contributed by atoms with Crippen LogP contribution in [0.4, 0.5) is 0 Å². The number of aromatic nitrogens is 3. The van der Waals surface area contributed by atoms with Crippen LogP contribution in [0.1, 0.15) is 17.5 Å². The second kappa shape index (κ2) is 16.5. The molecule has 0 amide bonds. The van der Waals surface area contributed by atoms with Gasteiger partial charge in [0.05, 0.1) is 28.4 Å². The number of likely N-dealkylation sites (N-methyl/N-ethyl adjacent to an activating group) is 2. The molecule has 3 heterocycles. The molecule has 9 nitrogen and oxygen atoms in total. The lowest BCUT2D eigenvalue weighted by atomic mass is 9.97. The molecule has 0 radical (unpaired) electrons. The normalized spacial score (nSPS) is 11.6. The minimum Gasteiger partial charge on any atom is -0.481 e. The number of nitrogens with one attached hydrogen (secondary N) is 2. The van der Waals surface area contributed by atoms with Gasteiger partial charge in [-0.1, -0.05) is 65.7 Å². The van der Waals surface area contributed by atoms with Crippen LogP contribution in [0, 0.1) is 0 Å². The third-order valence-electron chi connectivity index (χ3n) is 8.38. The molecule has 0 fully saturated rings. The summed E-state index contributed by atoms with van der Waals surface area (Å²) in [5.74, 6) is 0.575. The molecule has 0 saturated heterocycles. The third-order valence-corrected chi connectivity index (χ3v) is 9.19. The van der Waals surface area contributed by atoms with Gasteiger partial charge in [-0.05, 0) is 71.5 Å². The van der Waals surface area contributed by atoms with Crippen molar-refractivity contribution < 1.29 is 4.74 Å². The lowest BCUT2D eigenvalue weighted by Gasteiger charge is -2.19. The summed E-state index contributed by atoms with van der Waals surface area (Å²) in [5, 5.41) is 7.41. The predicted molar refractivity (Wildman–Crippen MR) is 197 cm³/mol. The van der Waals surface area contributed by atoms with Gasteiger partial charge in [0, 0.05) is 66.4 Å². The smallest absolute Gasteiger partial charge is 0.262 e. The fraction of sp³-hybridized carbons (Fsp3) is 0.324. The van der Waals surface area contributed by atoms with Crippen molar-refractivity contribution in [3.05, 3.63) is 105 Å². The highest BCUT2D eigenvalue weighted by Gasteiger charge is 2.18. The first-order chi connectivity index (χ1) is 23.2. The second-order valence-corrected chi connectivity index (χ2v) is 12.7. The van der Waals surface area contributed by atoms with Gasteiger partial charge >= 0.3 is 0 Å². The van der Waals surface area contributed by atoms with Crippen molar-refractivity contribution in [2.24, 2.45) is 0 Å². The first kappa shape index (κ1) is 35.5. The van der Waals surface area contributed by atoms with Crippen LogP contribution in [0.3, 0.4) is 0 Å². The number of hydrogen-bond acceptors (Lipinski definition) is 8. The monoisotopic (exact) mass is 687 g/mol. The van der Waals surface area contributed by atoms with E-state index in [1.165, 1.54) is 0 Å². The Kier molecular flexibility index (Phi) is 12.2. The maximum absolute atomic E-state index is 13.3. The Bertz CT molecular complexity index is 1930. The minimum absolute atomic E-state index is 0.0823. The summed E-state index contributed by atoms with van der Waals surface area (Å²) in [5.41, 5.74) is 6.85. The molecular formula is C37H43Cl2N7O2. The maximum atomic E-state index is 13.3. The molecular weight excluding hydrogens is 645 g/mol. The first-order valence-electron chi connectivity index (χ1n) is 16.0. The number of nitrogens with zero attached hydrogens (tertiary/aromatic N) is 5. The largest absolute Gasteiger partial charge is 0.481 e. The maximum Gasteiger partial charge on any atom is 0.262 e. The molecule has 0 aliphatic rings. The van der Waals surface area contributed by atoms with E-state index >= 15 is 0 Å². The molecule has 5 aromatic rings. The van der Waals surface area contributed by atoms with Crippen molar-refractivity contribution in [1.29, 1.82) is 0 Å². The molecule has 3 aromatic heterocycles. The average Bonchev–Trinajstić information content (AvgIpc) is 3.09. The van der Waals surface area contributed by atoms with Gasteiger partial charge in [-0.15, -0.1) is 0 Å². The van der Waals surface area contributed by atoms with Crippen molar-refractivity contribution in [2.45, 2.75) is 19.5 Å². The fourth-order valence-electron chi connectivity index (χ4n) is 5.77. The number of rotatable bonds is 15. The Hall–Kier alpha value is -3.83. The number of ether oxygens (including phenoxy) is 1. The van der Waals surface area contributed by atoms with Crippen LogP contribution in [0.5, 0.6) is 5.88 Å². The van der Waals surface area contributed by atoms with E-state index in [1.54, 1.807) is 23.9 Å². The van der Waals surface area contributed by atoms with Gasteiger partial charge in [0.1, 0.15) is 5.65 Å². The Morgan fingerprint density at radius 2 is 1.46 bits per heavy atom. The SMILES string of the molecule is CNCCCN(C)Cc1ccc(-c2cccc(-c3cccc(-c4ccn5c(=O)c(CN(C)CCNC)cnc5c4)c3Cl)c2Cl)nc1OC. The van der Waals surface area contributed by atoms with E-state index in [0.717, 1.165) is 72.5 Å². The number of halogens is 2. The van der Waals surface area contributed by atoms with Gasteiger partial charge in [0.15, 0.2) is 0 Å². The molecule has 252 valence electrons. The predicted octanol–water partition coefficient (Wildman–Crippen LogP) is 6.10. The van der Waals surface area contributed by atoms with Gasteiger partial charge in [-0.25, -0.2) is 9.97 Å². The van der Waals surface area contributed by atoms with E-state index in [0.29, 0.717) is 39.4 Å². The number of benzene rings is 2. The zero-order valence-electron chi connectivity index (χ0n) is 28.2. The van der Waals surface area contributed by atoms with Crippen molar-refractivity contribution in [3.63, 3.8) is 0 Å². The van der Waals surface area contributed by atoms with Crippen LogP contribution in [0.15, 0.2) is 77.9 Å². The summed E-state index contributed by atoms with van der Waals surface area (Å²) >= 11 is 14.2. The number of fused-ring (bicyclic) bond motifs is 1. The van der Waals surface area contributed by atoms with Gasteiger partial charge < -0.3 is 25.2 Å². The summed E-state index contributed by atoms with van der Waals surface area (Å²) in [6.07, 6.45) is 4.48. The van der Waals surface area contributed by atoms with E-state index < -0.39 is 0 Å². The van der Waals surface area contributed by atoms with Crippen LogP contribution in [0.25, 0.3) is 39.2 Å². The minimum atomic E-state index is -0.0823. The standard InChI is InChI=1S/C37H43Cl2N7O2/c1-40-16-8-18-44(3)23-26-13-14-32(43-36(26)48-5)31-12-7-11-30(35(31)39)29-10-6-9-28(34(29)38)25-15-19-46-33(21-25)42-22-27(37(46)47)24-45(4)20-17-41-2/h6-7,9-15,19,21-22,40-41H,8,16-18,20,23-24H2,1-5H3. The summed E-state index contributed by atoms with van der Waals surface area (Å²) in [4.78, 5) is 27.1. The molecule has 2 aromatic carbocycles. The molecule has 0 atom stereocenters. The Morgan fingerprint density at radius 3 is 2.17 bits per heavy atom. The van der Waals surface area contributed by atoms with Crippen LogP contribution < -0.4 is 20.9 Å². The average molecular weight is 689 g/mol. The van der Waals surface area contributed by atoms with Crippen LogP contribution in [-0.4, -0.2) is 85.6 Å². The third kappa shape index (κ3) is 8.06. The lowest BCUT2D eigenvalue weighted by Crippen LogP contribution is -2.30. The van der Waals surface area contributed by atoms with Crippen molar-refractivity contribution >= 4 is 28.8 Å². The number of methoxy groups -OCH3 is 1. The van der Waals surface area contributed by atoms with Gasteiger partial charge in [0.2, 0.25) is 5.88 Å². The van der Waals surface area contributed by atoms with Crippen molar-refractivity contribution in [2.75, 3.05) is 61.5 Å². The Morgan fingerprint density at radius 1 is 0.812 bits per heavy atom. The van der Waals surface area contributed by atoms with E-state index in [9.17, 15) is 4.79 Å². The number of pyridine rings is 2. The van der Waals surface area contributed by atoms with Gasteiger partial charge in [-0.3, -0.25) is 9.20 Å². The molecule has 0 aliphatic carbocycles. The molecule has 0 bridgehead atoms. The summed E-state index contributed by atoms with van der Waals surface area (Å²) < 4.78 is 7.28. The Labute approximate surface area is 292 Å². The molecule has 0 unspecified atom stereocenters. The van der Waals surface area contributed by atoms with E-state index in [2.05, 4.69) is 38.5 Å². The summed E-state index contributed by atoms with van der Waals surface area (Å²) in [6, 6.07) is 19.5. The van der Waals surface area contributed by atoms with E-state index in [4.69, 9.17) is 32.9 Å². The second-order valence-electron chi connectivity index (χ2n) is 12.0. The zero-order chi connectivity index (χ0) is 34.2. The van der Waals surface area contributed by atoms with E-state index in [-0.39, 0.29) is 5.56 Å². The molecule has 0 saturated carbocycles.